The van der Waals surface area contributed by atoms with Crippen molar-refractivity contribution in [1.82, 2.24) is 0 Å². The molecule has 0 aromatic heterocycles. The van der Waals surface area contributed by atoms with Gasteiger partial charge in [-0.05, 0) is 32.1 Å². The molecule has 0 heterocycles. The Balaban J connectivity index is 2.39. The lowest BCUT2D eigenvalue weighted by molar-refractivity contribution is 0.456. The van der Waals surface area contributed by atoms with Gasteiger partial charge >= 0.3 is 0 Å². The smallest absolute Gasteiger partial charge is 0.209 e. The molecule has 1 radical (unpaired) electrons. The van der Waals surface area contributed by atoms with E-state index < -0.39 is 0 Å². The average molecular weight is 135 g/mol. The van der Waals surface area contributed by atoms with Crippen LogP contribution in [0.4, 0.5) is 0 Å². The molecule has 0 saturated heterocycles. The van der Waals surface area contributed by atoms with Gasteiger partial charge in [0.2, 0.25) is 6.29 Å². The number of fused-ring (bicyclic) bond motifs is 2. The molecule has 53 valence electrons. The predicted molar refractivity (Wildman–Crippen MR) is 39.2 cm³/mol. The molecular formula is C9H11O. The maximum absolute atomic E-state index is 10.6. The van der Waals surface area contributed by atoms with Crippen molar-refractivity contribution in [3.8, 4) is 0 Å². The van der Waals surface area contributed by atoms with Gasteiger partial charge in [-0.15, -0.1) is 0 Å². The van der Waals surface area contributed by atoms with E-state index in [9.17, 15) is 4.79 Å². The Labute approximate surface area is 61.1 Å². The highest BCUT2D eigenvalue weighted by Crippen LogP contribution is 2.51. The van der Waals surface area contributed by atoms with Crippen LogP contribution in [0.15, 0.2) is 11.6 Å². The molecule has 1 nitrogen and oxygen atoms in total. The van der Waals surface area contributed by atoms with E-state index in [2.05, 4.69) is 19.3 Å². The van der Waals surface area contributed by atoms with Gasteiger partial charge in [-0.2, -0.15) is 0 Å². The quantitative estimate of drug-likeness (QED) is 0.501. The largest absolute Gasteiger partial charge is 0.290 e. The molecule has 2 aliphatic carbocycles. The molecule has 1 heteroatoms. The summed E-state index contributed by atoms with van der Waals surface area (Å²) in [5, 5.41) is 0. The van der Waals surface area contributed by atoms with Gasteiger partial charge in [0.1, 0.15) is 0 Å². The summed E-state index contributed by atoms with van der Waals surface area (Å²) in [5.41, 5.74) is 1.13. The van der Waals surface area contributed by atoms with E-state index in [0.717, 1.165) is 12.8 Å². The van der Waals surface area contributed by atoms with E-state index >= 15 is 0 Å². The first kappa shape index (κ1) is 6.14. The highest BCUT2D eigenvalue weighted by Gasteiger charge is 2.45. The lowest BCUT2D eigenvalue weighted by Gasteiger charge is -2.18. The second kappa shape index (κ2) is 1.71. The van der Waals surface area contributed by atoms with E-state index in [4.69, 9.17) is 0 Å². The van der Waals surface area contributed by atoms with Gasteiger partial charge in [0.15, 0.2) is 0 Å². The standard InChI is InChI=1S/C9H11O/c1-7-4-8-2-3-9(7,5-8)6-10/h4,8H,2-3,5H2,1H3. The van der Waals surface area contributed by atoms with E-state index in [1.807, 2.05) is 0 Å². The van der Waals surface area contributed by atoms with Gasteiger partial charge in [0, 0.05) is 0 Å². The molecule has 2 bridgehead atoms. The summed E-state index contributed by atoms with van der Waals surface area (Å²) in [7, 11) is 0. The number of hydrogen-bond acceptors (Lipinski definition) is 1. The first-order valence-corrected chi connectivity index (χ1v) is 3.85. The molecule has 2 rings (SSSR count). The van der Waals surface area contributed by atoms with Crippen molar-refractivity contribution in [3.63, 3.8) is 0 Å². The third-order valence-electron chi connectivity index (χ3n) is 2.99. The van der Waals surface area contributed by atoms with E-state index in [1.54, 1.807) is 0 Å². The Morgan fingerprint density at radius 1 is 1.80 bits per heavy atom. The number of carbonyl (C=O) groups excluding carboxylic acids is 1. The third-order valence-corrected chi connectivity index (χ3v) is 2.99. The van der Waals surface area contributed by atoms with Crippen molar-refractivity contribution in [2.45, 2.75) is 26.2 Å². The van der Waals surface area contributed by atoms with Crippen LogP contribution in [0.5, 0.6) is 0 Å². The Bertz CT molecular complexity index is 205. The first-order chi connectivity index (χ1) is 4.77. The fourth-order valence-corrected chi connectivity index (χ4v) is 2.27. The van der Waals surface area contributed by atoms with Crippen molar-refractivity contribution in [3.05, 3.63) is 11.6 Å². The molecule has 2 atom stereocenters. The van der Waals surface area contributed by atoms with Crippen molar-refractivity contribution in [2.24, 2.45) is 11.3 Å². The molecule has 0 aromatic carbocycles. The summed E-state index contributed by atoms with van der Waals surface area (Å²) in [6.45, 7) is 2.06. The molecule has 1 fully saturated rings. The summed E-state index contributed by atoms with van der Waals surface area (Å²) in [6.07, 6.45) is 7.73. The molecule has 10 heavy (non-hydrogen) atoms. The Morgan fingerprint density at radius 3 is 2.90 bits per heavy atom. The molecule has 0 spiro atoms. The van der Waals surface area contributed by atoms with Crippen LogP contribution in [-0.2, 0) is 4.79 Å². The van der Waals surface area contributed by atoms with Gasteiger partial charge in [-0.1, -0.05) is 11.6 Å². The second-order valence-electron chi connectivity index (χ2n) is 3.54. The average Bonchev–Trinajstić information content (AvgIpc) is 2.44. The van der Waals surface area contributed by atoms with Gasteiger partial charge in [-0.25, -0.2) is 0 Å². The maximum Gasteiger partial charge on any atom is 0.209 e. The van der Waals surface area contributed by atoms with Gasteiger partial charge < -0.3 is 0 Å². The zero-order valence-electron chi connectivity index (χ0n) is 6.18. The van der Waals surface area contributed by atoms with Crippen LogP contribution < -0.4 is 0 Å². The number of rotatable bonds is 1. The van der Waals surface area contributed by atoms with Crippen LogP contribution in [0.1, 0.15) is 26.2 Å². The summed E-state index contributed by atoms with van der Waals surface area (Å²) < 4.78 is 0. The van der Waals surface area contributed by atoms with Gasteiger partial charge in [0.05, 0.1) is 5.41 Å². The predicted octanol–water partition coefficient (Wildman–Crippen LogP) is 1.84. The number of allylic oxidation sites excluding steroid dienone is 2. The molecule has 1 saturated carbocycles. The van der Waals surface area contributed by atoms with E-state index in [1.165, 1.54) is 12.0 Å². The Kier molecular flexibility index (Phi) is 1.05. The minimum atomic E-state index is -0.134. The second-order valence-corrected chi connectivity index (χ2v) is 3.54. The Hall–Kier alpha value is -0.590. The first-order valence-electron chi connectivity index (χ1n) is 3.85. The van der Waals surface area contributed by atoms with E-state index in [-0.39, 0.29) is 5.41 Å². The maximum atomic E-state index is 10.6. The lowest BCUT2D eigenvalue weighted by atomic mass is 9.83. The normalized spacial score (nSPS) is 43.7. The van der Waals surface area contributed by atoms with Crippen molar-refractivity contribution in [2.75, 3.05) is 0 Å². The summed E-state index contributed by atoms with van der Waals surface area (Å²) >= 11 is 0. The monoisotopic (exact) mass is 135 g/mol. The highest BCUT2D eigenvalue weighted by atomic mass is 16.1. The fourth-order valence-electron chi connectivity index (χ4n) is 2.27. The SMILES string of the molecule is CC1=CC2CCC1([C]=O)C2. The van der Waals surface area contributed by atoms with Crippen molar-refractivity contribution in [1.29, 1.82) is 0 Å². The van der Waals surface area contributed by atoms with Gasteiger partial charge in [-0.3, -0.25) is 4.79 Å². The minimum Gasteiger partial charge on any atom is -0.290 e. The van der Waals surface area contributed by atoms with Crippen molar-refractivity contribution < 1.29 is 4.79 Å². The molecule has 0 amide bonds. The molecule has 0 N–H and O–H groups in total. The zero-order valence-corrected chi connectivity index (χ0v) is 6.18. The molecule has 2 unspecified atom stereocenters. The molecule has 0 aliphatic heterocycles. The van der Waals surface area contributed by atoms with Crippen LogP contribution in [0, 0.1) is 11.3 Å². The molecular weight excluding hydrogens is 124 g/mol. The summed E-state index contributed by atoms with van der Waals surface area (Å²) in [6, 6.07) is 0. The van der Waals surface area contributed by atoms with Crippen LogP contribution in [0.25, 0.3) is 0 Å². The number of hydrogen-bond donors (Lipinski definition) is 0. The third kappa shape index (κ3) is 0.556. The van der Waals surface area contributed by atoms with Crippen molar-refractivity contribution >= 4 is 6.29 Å². The zero-order chi connectivity index (χ0) is 7.19. The van der Waals surface area contributed by atoms with Crippen LogP contribution in [0.3, 0.4) is 0 Å². The molecule has 2 aliphatic rings. The summed E-state index contributed by atoms with van der Waals surface area (Å²) in [4.78, 5) is 10.6. The van der Waals surface area contributed by atoms with Crippen LogP contribution in [0.2, 0.25) is 0 Å². The minimum absolute atomic E-state index is 0.134. The molecule has 0 aromatic rings. The van der Waals surface area contributed by atoms with E-state index in [0.29, 0.717) is 5.92 Å². The topological polar surface area (TPSA) is 17.1 Å². The van der Waals surface area contributed by atoms with Crippen LogP contribution >= 0.6 is 0 Å². The van der Waals surface area contributed by atoms with Gasteiger partial charge in [0.25, 0.3) is 0 Å². The fraction of sp³-hybridized carbons (Fsp3) is 0.667. The Morgan fingerprint density at radius 2 is 2.60 bits per heavy atom. The summed E-state index contributed by atoms with van der Waals surface area (Å²) in [5.74, 6) is 0.696. The lowest BCUT2D eigenvalue weighted by Crippen LogP contribution is -2.17. The van der Waals surface area contributed by atoms with Crippen LogP contribution in [-0.4, -0.2) is 6.29 Å². The highest BCUT2D eigenvalue weighted by molar-refractivity contribution is 5.68.